The Hall–Kier alpha value is -2.70. The molecule has 2 fully saturated rings. The number of aromatic nitrogens is 2. The number of rotatable bonds is 5. The van der Waals surface area contributed by atoms with Gasteiger partial charge in [0.05, 0.1) is 4.92 Å². The first-order valence-electron chi connectivity index (χ1n) is 10.2. The molecule has 1 aliphatic carbocycles. The molecule has 0 radical (unpaired) electrons. The number of hydrogen-bond acceptors (Lipinski definition) is 6. The summed E-state index contributed by atoms with van der Waals surface area (Å²) in [6.45, 7) is 10.2. The average Bonchev–Trinajstić information content (AvgIpc) is 2.89. The molecule has 154 valence electrons. The molecule has 2 unspecified atom stereocenters. The third-order valence-electron chi connectivity index (χ3n) is 6.25. The predicted molar refractivity (Wildman–Crippen MR) is 114 cm³/mol. The van der Waals surface area contributed by atoms with Crippen molar-refractivity contribution in [1.82, 2.24) is 9.97 Å². The molecule has 7 heteroatoms. The number of nitrogens with one attached hydrogen (secondary N) is 1. The van der Waals surface area contributed by atoms with Crippen LogP contribution in [0, 0.1) is 27.9 Å². The first-order chi connectivity index (χ1) is 13.7. The van der Waals surface area contributed by atoms with Crippen molar-refractivity contribution in [3.05, 3.63) is 51.8 Å². The van der Waals surface area contributed by atoms with Gasteiger partial charge in [-0.1, -0.05) is 50.6 Å². The van der Waals surface area contributed by atoms with Gasteiger partial charge in [0.15, 0.2) is 0 Å². The second kappa shape index (κ2) is 6.97. The van der Waals surface area contributed by atoms with Crippen molar-refractivity contribution in [2.75, 3.05) is 16.8 Å². The largest absolute Gasteiger partial charge is 0.360 e. The molecule has 2 bridgehead atoms. The van der Waals surface area contributed by atoms with Crippen LogP contribution in [0.2, 0.25) is 0 Å². The summed E-state index contributed by atoms with van der Waals surface area (Å²) in [7, 11) is 0. The van der Waals surface area contributed by atoms with Crippen LogP contribution in [0.4, 0.5) is 17.3 Å². The Morgan fingerprint density at radius 1 is 1.21 bits per heavy atom. The summed E-state index contributed by atoms with van der Waals surface area (Å²) >= 11 is 0. The highest BCUT2D eigenvalue weighted by atomic mass is 16.6. The van der Waals surface area contributed by atoms with Crippen LogP contribution >= 0.6 is 0 Å². The lowest BCUT2D eigenvalue weighted by Crippen LogP contribution is -2.35. The summed E-state index contributed by atoms with van der Waals surface area (Å²) in [5.74, 6) is 0.731. The predicted octanol–water partition coefficient (Wildman–Crippen LogP) is 4.71. The lowest BCUT2D eigenvalue weighted by Gasteiger charge is -2.39. The van der Waals surface area contributed by atoms with Crippen molar-refractivity contribution >= 4 is 17.3 Å². The number of nitro groups is 1. The second-order valence-electron chi connectivity index (χ2n) is 9.83. The Bertz CT molecular complexity index is 927. The highest BCUT2D eigenvalue weighted by Gasteiger charge is 2.51. The molecular weight excluding hydrogens is 366 g/mol. The number of fused-ring (bicyclic) bond motifs is 2. The van der Waals surface area contributed by atoms with Gasteiger partial charge in [0.25, 0.3) is 0 Å². The molecule has 0 amide bonds. The van der Waals surface area contributed by atoms with Crippen LogP contribution < -0.4 is 10.2 Å². The molecule has 2 atom stereocenters. The van der Waals surface area contributed by atoms with Gasteiger partial charge in [-0.15, -0.1) is 0 Å². The molecular formula is C22H29N5O2. The molecule has 2 heterocycles. The highest BCUT2D eigenvalue weighted by molar-refractivity contribution is 5.71. The fraction of sp³-hybridized carbons (Fsp3) is 0.545. The second-order valence-corrected chi connectivity index (χ2v) is 9.83. The van der Waals surface area contributed by atoms with Crippen molar-refractivity contribution in [3.63, 3.8) is 0 Å². The molecule has 2 aromatic rings. The van der Waals surface area contributed by atoms with E-state index < -0.39 is 0 Å². The third-order valence-corrected chi connectivity index (χ3v) is 6.25. The number of hydrogen-bond donors (Lipinski definition) is 1. The van der Waals surface area contributed by atoms with Gasteiger partial charge < -0.3 is 10.2 Å². The van der Waals surface area contributed by atoms with E-state index in [-0.39, 0.29) is 33.3 Å². The number of aryl methyl sites for hydroxylation is 1. The fourth-order valence-corrected chi connectivity index (χ4v) is 5.48. The molecule has 29 heavy (non-hydrogen) atoms. The normalized spacial score (nSPS) is 25.1. The van der Waals surface area contributed by atoms with Crippen molar-refractivity contribution in [2.45, 2.75) is 59.5 Å². The maximum atomic E-state index is 12.0. The minimum absolute atomic E-state index is 0.0198. The third kappa shape index (κ3) is 3.91. The summed E-state index contributed by atoms with van der Waals surface area (Å²) in [4.78, 5) is 22.4. The van der Waals surface area contributed by atoms with Crippen molar-refractivity contribution in [2.24, 2.45) is 10.8 Å². The Morgan fingerprint density at radius 3 is 2.62 bits per heavy atom. The Labute approximate surface area is 171 Å². The summed E-state index contributed by atoms with van der Waals surface area (Å²) in [5.41, 5.74) is 2.62. The van der Waals surface area contributed by atoms with E-state index >= 15 is 0 Å². The zero-order valence-electron chi connectivity index (χ0n) is 17.6. The topological polar surface area (TPSA) is 84.2 Å². The molecule has 0 spiro atoms. The number of benzene rings is 1. The smallest absolute Gasteiger partial charge is 0.353 e. The van der Waals surface area contributed by atoms with E-state index in [1.165, 1.54) is 11.9 Å². The minimum Gasteiger partial charge on any atom is -0.360 e. The SMILES string of the molecule is Cc1ccc(CNc2ncnc(N3CC4(C)CC3CC(C)(C)C4)c2[N+](=O)[O-])cc1. The van der Waals surface area contributed by atoms with E-state index in [1.54, 1.807) is 0 Å². The molecule has 4 rings (SSSR count). The van der Waals surface area contributed by atoms with Crippen molar-refractivity contribution < 1.29 is 4.92 Å². The first-order valence-corrected chi connectivity index (χ1v) is 10.2. The van der Waals surface area contributed by atoms with Gasteiger partial charge >= 0.3 is 5.69 Å². The van der Waals surface area contributed by atoms with Crippen LogP contribution in [-0.4, -0.2) is 27.5 Å². The van der Waals surface area contributed by atoms with E-state index in [0.29, 0.717) is 12.4 Å². The molecule has 2 aliphatic rings. The van der Waals surface area contributed by atoms with Crippen LogP contribution in [0.25, 0.3) is 0 Å². The van der Waals surface area contributed by atoms with Gasteiger partial charge in [-0.25, -0.2) is 9.97 Å². The molecule has 1 saturated carbocycles. The van der Waals surface area contributed by atoms with Crippen molar-refractivity contribution in [1.29, 1.82) is 0 Å². The van der Waals surface area contributed by atoms with E-state index in [9.17, 15) is 10.1 Å². The number of nitrogens with zero attached hydrogens (tertiary/aromatic N) is 4. The standard InChI is InChI=1S/C22H29N5O2/c1-15-5-7-16(8-6-15)11-23-19-18(27(28)29)20(25-14-24-19)26-13-22(4)10-17(26)9-21(2,3)12-22/h5-8,14,17H,9-13H2,1-4H3,(H,23,24,25). The van der Waals surface area contributed by atoms with E-state index in [1.807, 2.05) is 31.2 Å². The molecule has 1 aromatic carbocycles. The van der Waals surface area contributed by atoms with Crippen LogP contribution in [0.3, 0.4) is 0 Å². The van der Waals surface area contributed by atoms with Crippen LogP contribution in [-0.2, 0) is 6.54 Å². The average molecular weight is 396 g/mol. The maximum absolute atomic E-state index is 12.0. The zero-order valence-corrected chi connectivity index (χ0v) is 17.6. The van der Waals surface area contributed by atoms with E-state index in [4.69, 9.17) is 0 Å². The molecule has 1 saturated heterocycles. The lowest BCUT2D eigenvalue weighted by molar-refractivity contribution is -0.383. The van der Waals surface area contributed by atoms with E-state index in [2.05, 4.69) is 41.0 Å². The zero-order chi connectivity index (χ0) is 20.8. The van der Waals surface area contributed by atoms with Gasteiger partial charge in [0.2, 0.25) is 11.6 Å². The monoisotopic (exact) mass is 395 g/mol. The Balaban J connectivity index is 1.64. The highest BCUT2D eigenvalue weighted by Crippen LogP contribution is 2.54. The van der Waals surface area contributed by atoms with Crippen LogP contribution in [0.5, 0.6) is 0 Å². The van der Waals surface area contributed by atoms with Crippen LogP contribution in [0.15, 0.2) is 30.6 Å². The Kier molecular flexibility index (Phi) is 4.71. The Morgan fingerprint density at radius 2 is 1.93 bits per heavy atom. The minimum atomic E-state index is -0.345. The summed E-state index contributed by atoms with van der Waals surface area (Å²) in [6, 6.07) is 8.38. The first kappa shape index (κ1) is 19.6. The number of anilines is 2. The van der Waals surface area contributed by atoms with Gasteiger partial charge in [-0.05, 0) is 42.6 Å². The molecule has 1 aromatic heterocycles. The van der Waals surface area contributed by atoms with Gasteiger partial charge in [-0.2, -0.15) is 0 Å². The molecule has 1 aliphatic heterocycles. The van der Waals surface area contributed by atoms with Gasteiger partial charge in [0.1, 0.15) is 6.33 Å². The maximum Gasteiger partial charge on any atom is 0.353 e. The molecule has 1 N–H and O–H groups in total. The van der Waals surface area contributed by atoms with Crippen molar-refractivity contribution in [3.8, 4) is 0 Å². The lowest BCUT2D eigenvalue weighted by atomic mass is 9.65. The van der Waals surface area contributed by atoms with E-state index in [0.717, 1.165) is 31.4 Å². The van der Waals surface area contributed by atoms with Crippen LogP contribution in [0.1, 0.15) is 51.2 Å². The van der Waals surface area contributed by atoms with Gasteiger partial charge in [0, 0.05) is 19.1 Å². The summed E-state index contributed by atoms with van der Waals surface area (Å²) < 4.78 is 0. The molecule has 7 nitrogen and oxygen atoms in total. The summed E-state index contributed by atoms with van der Waals surface area (Å²) in [6.07, 6.45) is 4.65. The fourth-order valence-electron chi connectivity index (χ4n) is 5.48. The summed E-state index contributed by atoms with van der Waals surface area (Å²) in [5, 5.41) is 15.2. The quantitative estimate of drug-likeness (QED) is 0.583. The van der Waals surface area contributed by atoms with Gasteiger partial charge in [-0.3, -0.25) is 10.1 Å².